The van der Waals surface area contributed by atoms with Crippen LogP contribution >= 0.6 is 0 Å². The van der Waals surface area contributed by atoms with Crippen molar-refractivity contribution in [2.24, 2.45) is 0 Å². The fourth-order valence-corrected chi connectivity index (χ4v) is 2.90. The molecule has 86 valence electrons. The first-order valence-electron chi connectivity index (χ1n) is 5.87. The van der Waals surface area contributed by atoms with Crippen molar-refractivity contribution in [3.8, 4) is 5.75 Å². The zero-order valence-electron chi connectivity index (χ0n) is 9.58. The van der Waals surface area contributed by atoms with Gasteiger partial charge < -0.3 is 14.8 Å². The highest BCUT2D eigenvalue weighted by Gasteiger charge is 2.42. The van der Waals surface area contributed by atoms with Crippen LogP contribution in [-0.2, 0) is 16.8 Å². The highest BCUT2D eigenvalue weighted by Crippen LogP contribution is 2.43. The van der Waals surface area contributed by atoms with Gasteiger partial charge >= 0.3 is 0 Å². The Hall–Kier alpha value is -1.06. The average molecular weight is 219 g/mol. The van der Waals surface area contributed by atoms with Crippen LogP contribution in [0.15, 0.2) is 18.2 Å². The summed E-state index contributed by atoms with van der Waals surface area (Å²) in [5.41, 5.74) is 2.55. The summed E-state index contributed by atoms with van der Waals surface area (Å²) in [5, 5.41) is 3.43. The molecule has 3 rings (SSSR count). The zero-order chi connectivity index (χ0) is 11.0. The monoisotopic (exact) mass is 219 g/mol. The topological polar surface area (TPSA) is 30.5 Å². The van der Waals surface area contributed by atoms with E-state index in [9.17, 15) is 0 Å². The van der Waals surface area contributed by atoms with E-state index < -0.39 is 0 Å². The highest BCUT2D eigenvalue weighted by atomic mass is 16.5. The maximum Gasteiger partial charge on any atom is 0.122 e. The molecule has 1 aliphatic heterocycles. The number of nitrogens with one attached hydrogen (secondary N) is 1. The number of rotatable bonds is 1. The maximum absolute atomic E-state index is 6.03. The SMILES string of the molecule is COc1cccc2c1CCC21CNCCO1. The molecule has 1 heterocycles. The Balaban J connectivity index is 2.04. The molecule has 1 N–H and O–H groups in total. The summed E-state index contributed by atoms with van der Waals surface area (Å²) in [5.74, 6) is 1.00. The second kappa shape index (κ2) is 3.75. The van der Waals surface area contributed by atoms with Crippen LogP contribution < -0.4 is 10.1 Å². The lowest BCUT2D eigenvalue weighted by atomic mass is 9.94. The largest absolute Gasteiger partial charge is 0.496 e. The van der Waals surface area contributed by atoms with E-state index >= 15 is 0 Å². The minimum atomic E-state index is -0.0951. The highest BCUT2D eigenvalue weighted by molar-refractivity contribution is 5.47. The molecule has 3 heteroatoms. The van der Waals surface area contributed by atoms with Crippen molar-refractivity contribution in [2.75, 3.05) is 26.8 Å². The number of fused-ring (bicyclic) bond motifs is 2. The second-order valence-electron chi connectivity index (χ2n) is 4.51. The van der Waals surface area contributed by atoms with Crippen LogP contribution in [0.3, 0.4) is 0 Å². The van der Waals surface area contributed by atoms with E-state index in [1.54, 1.807) is 7.11 Å². The third kappa shape index (κ3) is 1.35. The molecule has 1 aromatic rings. The maximum atomic E-state index is 6.03. The summed E-state index contributed by atoms with van der Waals surface area (Å²) >= 11 is 0. The van der Waals surface area contributed by atoms with Crippen molar-refractivity contribution >= 4 is 0 Å². The van der Waals surface area contributed by atoms with E-state index in [0.29, 0.717) is 0 Å². The predicted molar refractivity (Wildman–Crippen MR) is 61.8 cm³/mol. The minimum absolute atomic E-state index is 0.0951. The molecule has 0 saturated carbocycles. The van der Waals surface area contributed by atoms with E-state index in [2.05, 4.69) is 17.4 Å². The van der Waals surface area contributed by atoms with Crippen LogP contribution in [0.1, 0.15) is 17.5 Å². The van der Waals surface area contributed by atoms with Crippen LogP contribution in [-0.4, -0.2) is 26.8 Å². The van der Waals surface area contributed by atoms with Crippen LogP contribution in [0.4, 0.5) is 0 Å². The lowest BCUT2D eigenvalue weighted by molar-refractivity contribution is -0.0695. The Morgan fingerprint density at radius 1 is 1.44 bits per heavy atom. The summed E-state index contributed by atoms with van der Waals surface area (Å²) in [6, 6.07) is 6.27. The Morgan fingerprint density at radius 2 is 2.38 bits per heavy atom. The molecule has 1 fully saturated rings. The summed E-state index contributed by atoms with van der Waals surface area (Å²) in [6.07, 6.45) is 2.12. The molecule has 1 spiro atoms. The van der Waals surface area contributed by atoms with Crippen LogP contribution in [0.25, 0.3) is 0 Å². The zero-order valence-corrected chi connectivity index (χ0v) is 9.58. The lowest BCUT2D eigenvalue weighted by Gasteiger charge is -2.35. The predicted octanol–water partition coefficient (Wildman–Crippen LogP) is 1.46. The van der Waals surface area contributed by atoms with Crippen molar-refractivity contribution in [2.45, 2.75) is 18.4 Å². The van der Waals surface area contributed by atoms with Gasteiger partial charge in [-0.25, -0.2) is 0 Å². The molecule has 3 nitrogen and oxygen atoms in total. The van der Waals surface area contributed by atoms with E-state index in [0.717, 1.165) is 38.3 Å². The van der Waals surface area contributed by atoms with Crippen LogP contribution in [0, 0.1) is 0 Å². The standard InChI is InChI=1S/C13H17NO2/c1-15-12-4-2-3-11-10(12)5-6-13(11)9-14-7-8-16-13/h2-4,14H,5-9H2,1H3. The van der Waals surface area contributed by atoms with Crippen molar-refractivity contribution in [1.29, 1.82) is 0 Å². The molecule has 1 aliphatic carbocycles. The van der Waals surface area contributed by atoms with Crippen LogP contribution in [0.2, 0.25) is 0 Å². The fourth-order valence-electron chi connectivity index (χ4n) is 2.90. The molecule has 0 radical (unpaired) electrons. The summed E-state index contributed by atoms with van der Waals surface area (Å²) < 4.78 is 11.4. The summed E-state index contributed by atoms with van der Waals surface area (Å²) in [7, 11) is 1.74. The molecule has 1 aromatic carbocycles. The van der Waals surface area contributed by atoms with Crippen molar-refractivity contribution < 1.29 is 9.47 Å². The van der Waals surface area contributed by atoms with Gasteiger partial charge in [0.05, 0.1) is 13.7 Å². The van der Waals surface area contributed by atoms with E-state index in [1.807, 2.05) is 6.07 Å². The van der Waals surface area contributed by atoms with Gasteiger partial charge in [0.25, 0.3) is 0 Å². The molecule has 2 aliphatic rings. The van der Waals surface area contributed by atoms with E-state index in [4.69, 9.17) is 9.47 Å². The third-order valence-electron chi connectivity index (χ3n) is 3.69. The normalized spacial score (nSPS) is 28.1. The quantitative estimate of drug-likeness (QED) is 0.775. The van der Waals surface area contributed by atoms with Gasteiger partial charge in [-0.1, -0.05) is 12.1 Å². The minimum Gasteiger partial charge on any atom is -0.496 e. The van der Waals surface area contributed by atoms with E-state index in [-0.39, 0.29) is 5.60 Å². The van der Waals surface area contributed by atoms with Gasteiger partial charge in [0.1, 0.15) is 11.4 Å². The first kappa shape index (κ1) is 10.1. The van der Waals surface area contributed by atoms with Gasteiger partial charge in [0.15, 0.2) is 0 Å². The van der Waals surface area contributed by atoms with Gasteiger partial charge in [0, 0.05) is 18.7 Å². The lowest BCUT2D eigenvalue weighted by Crippen LogP contribution is -2.46. The van der Waals surface area contributed by atoms with Gasteiger partial charge in [-0.3, -0.25) is 0 Å². The Labute approximate surface area is 95.8 Å². The second-order valence-corrected chi connectivity index (χ2v) is 4.51. The smallest absolute Gasteiger partial charge is 0.122 e. The fraction of sp³-hybridized carbons (Fsp3) is 0.538. The summed E-state index contributed by atoms with van der Waals surface area (Å²) in [6.45, 7) is 2.69. The van der Waals surface area contributed by atoms with Crippen molar-refractivity contribution in [3.63, 3.8) is 0 Å². The molecule has 0 amide bonds. The van der Waals surface area contributed by atoms with Gasteiger partial charge in [-0.05, 0) is 24.5 Å². The first-order valence-corrected chi connectivity index (χ1v) is 5.87. The van der Waals surface area contributed by atoms with Gasteiger partial charge in [0.2, 0.25) is 0 Å². The number of ether oxygens (including phenoxy) is 2. The summed E-state index contributed by atoms with van der Waals surface area (Å²) in [4.78, 5) is 0. The molecule has 16 heavy (non-hydrogen) atoms. The third-order valence-corrected chi connectivity index (χ3v) is 3.69. The molecular weight excluding hydrogens is 202 g/mol. The number of hydrogen-bond acceptors (Lipinski definition) is 3. The number of hydrogen-bond donors (Lipinski definition) is 1. The first-order chi connectivity index (χ1) is 7.86. The Bertz CT molecular complexity index is 397. The van der Waals surface area contributed by atoms with Crippen molar-refractivity contribution in [3.05, 3.63) is 29.3 Å². The molecule has 1 atom stereocenters. The number of methoxy groups -OCH3 is 1. The number of benzene rings is 1. The molecule has 1 saturated heterocycles. The van der Waals surface area contributed by atoms with Crippen LogP contribution in [0.5, 0.6) is 5.75 Å². The average Bonchev–Trinajstić information content (AvgIpc) is 2.70. The van der Waals surface area contributed by atoms with Crippen molar-refractivity contribution in [1.82, 2.24) is 5.32 Å². The molecule has 0 bridgehead atoms. The number of morpholine rings is 1. The Morgan fingerprint density at radius 3 is 3.12 bits per heavy atom. The Kier molecular flexibility index (Phi) is 2.37. The van der Waals surface area contributed by atoms with E-state index in [1.165, 1.54) is 11.1 Å². The van der Waals surface area contributed by atoms with Gasteiger partial charge in [-0.2, -0.15) is 0 Å². The van der Waals surface area contributed by atoms with Gasteiger partial charge in [-0.15, -0.1) is 0 Å². The molecule has 1 unspecified atom stereocenters. The molecule has 0 aromatic heterocycles. The molecular formula is C13H17NO2.